The monoisotopic (exact) mass is 341 g/mol. The van der Waals surface area contributed by atoms with Crippen LogP contribution in [0.3, 0.4) is 0 Å². The average molecular weight is 341 g/mol. The van der Waals surface area contributed by atoms with E-state index in [9.17, 15) is 9.59 Å². The van der Waals surface area contributed by atoms with Crippen LogP contribution < -0.4 is 5.32 Å². The number of esters is 1. The number of carbonyl (C=O) groups excluding carboxylic acids is 2. The molecule has 132 valence electrons. The van der Waals surface area contributed by atoms with Gasteiger partial charge >= 0.3 is 5.97 Å². The zero-order valence-electron chi connectivity index (χ0n) is 14.5. The van der Waals surface area contributed by atoms with Crippen molar-refractivity contribution in [3.8, 4) is 6.07 Å². The van der Waals surface area contributed by atoms with Crippen LogP contribution in [0, 0.1) is 11.3 Å². The van der Waals surface area contributed by atoms with Gasteiger partial charge in [0, 0.05) is 30.5 Å². The predicted octanol–water partition coefficient (Wildman–Crippen LogP) is 3.09. The van der Waals surface area contributed by atoms with E-state index in [1.165, 1.54) is 19.0 Å². The summed E-state index contributed by atoms with van der Waals surface area (Å²) in [5.74, 6) is -0.658. The number of nitrogens with one attached hydrogen (secondary N) is 1. The van der Waals surface area contributed by atoms with Gasteiger partial charge in [-0.3, -0.25) is 4.79 Å². The summed E-state index contributed by atoms with van der Waals surface area (Å²) in [6.07, 6.45) is 5.71. The summed E-state index contributed by atoms with van der Waals surface area (Å²) in [6.45, 7) is 3.46. The Bertz CT molecular complexity index is 683. The van der Waals surface area contributed by atoms with Crippen LogP contribution in [-0.2, 0) is 9.53 Å². The number of benzene rings is 1. The third-order valence-electron chi connectivity index (χ3n) is 4.00. The van der Waals surface area contributed by atoms with Gasteiger partial charge in [-0.1, -0.05) is 18.9 Å². The molecular weight excluding hydrogens is 318 g/mol. The number of nitrogens with zero attached hydrogens (tertiary/aromatic N) is 2. The van der Waals surface area contributed by atoms with E-state index in [0.717, 1.165) is 25.9 Å². The van der Waals surface area contributed by atoms with Crippen LogP contribution in [0.2, 0.25) is 0 Å². The van der Waals surface area contributed by atoms with Gasteiger partial charge in [0.15, 0.2) is 5.57 Å². The lowest BCUT2D eigenvalue weighted by molar-refractivity contribution is -0.138. The van der Waals surface area contributed by atoms with Gasteiger partial charge in [0.1, 0.15) is 6.07 Å². The molecule has 1 aliphatic rings. The minimum atomic E-state index is -0.672. The van der Waals surface area contributed by atoms with Crippen molar-refractivity contribution in [3.05, 3.63) is 41.6 Å². The van der Waals surface area contributed by atoms with Gasteiger partial charge in [-0.2, -0.15) is 5.26 Å². The summed E-state index contributed by atoms with van der Waals surface area (Å²) < 4.78 is 4.81. The fourth-order valence-corrected chi connectivity index (χ4v) is 2.70. The average Bonchev–Trinajstić information content (AvgIpc) is 2.91. The van der Waals surface area contributed by atoms with E-state index >= 15 is 0 Å². The van der Waals surface area contributed by atoms with E-state index in [0.29, 0.717) is 11.3 Å². The molecule has 1 N–H and O–H groups in total. The third-order valence-corrected chi connectivity index (χ3v) is 4.00. The zero-order chi connectivity index (χ0) is 18.1. The lowest BCUT2D eigenvalue weighted by Gasteiger charge is -2.20. The number of rotatable bonds is 5. The summed E-state index contributed by atoms with van der Waals surface area (Å²) >= 11 is 0. The van der Waals surface area contributed by atoms with Crippen molar-refractivity contribution in [2.75, 3.05) is 25.0 Å². The number of hydrogen-bond acceptors (Lipinski definition) is 5. The van der Waals surface area contributed by atoms with Gasteiger partial charge in [-0.15, -0.1) is 0 Å². The maximum Gasteiger partial charge on any atom is 0.350 e. The van der Waals surface area contributed by atoms with Gasteiger partial charge in [0.25, 0.3) is 5.91 Å². The number of amides is 1. The second kappa shape index (κ2) is 9.48. The Morgan fingerprint density at radius 2 is 2.00 bits per heavy atom. The fourth-order valence-electron chi connectivity index (χ4n) is 2.70. The van der Waals surface area contributed by atoms with Gasteiger partial charge < -0.3 is 15.0 Å². The second-order valence-electron chi connectivity index (χ2n) is 5.82. The summed E-state index contributed by atoms with van der Waals surface area (Å²) in [7, 11) is 0. The molecular formula is C19H23N3O3. The molecule has 0 unspecified atom stereocenters. The van der Waals surface area contributed by atoms with Gasteiger partial charge in [0.05, 0.1) is 6.61 Å². The van der Waals surface area contributed by atoms with Gasteiger partial charge in [-0.05, 0) is 38.0 Å². The molecule has 0 aliphatic carbocycles. The zero-order valence-corrected chi connectivity index (χ0v) is 14.5. The maximum atomic E-state index is 12.6. The molecule has 6 nitrogen and oxygen atoms in total. The van der Waals surface area contributed by atoms with Crippen molar-refractivity contribution < 1.29 is 14.3 Å². The quantitative estimate of drug-likeness (QED) is 0.505. The molecule has 25 heavy (non-hydrogen) atoms. The molecule has 1 fully saturated rings. The van der Waals surface area contributed by atoms with Gasteiger partial charge in [0.2, 0.25) is 0 Å². The number of likely N-dealkylation sites (tertiary alicyclic amines) is 1. The highest BCUT2D eigenvalue weighted by Gasteiger charge is 2.17. The molecule has 0 saturated carbocycles. The van der Waals surface area contributed by atoms with Crippen molar-refractivity contribution in [2.45, 2.75) is 32.6 Å². The molecule has 1 heterocycles. The van der Waals surface area contributed by atoms with Crippen LogP contribution in [0.25, 0.3) is 0 Å². The Morgan fingerprint density at radius 1 is 1.28 bits per heavy atom. The Hall–Kier alpha value is -2.81. The first kappa shape index (κ1) is 18.5. The minimum absolute atomic E-state index is 0.0143. The van der Waals surface area contributed by atoms with Crippen molar-refractivity contribution in [3.63, 3.8) is 0 Å². The molecule has 6 heteroatoms. The highest BCUT2D eigenvalue weighted by molar-refractivity contribution is 5.95. The predicted molar refractivity (Wildman–Crippen MR) is 94.8 cm³/mol. The van der Waals surface area contributed by atoms with Crippen molar-refractivity contribution in [2.24, 2.45) is 0 Å². The van der Waals surface area contributed by atoms with Crippen LogP contribution in [0.1, 0.15) is 43.0 Å². The van der Waals surface area contributed by atoms with Crippen molar-refractivity contribution >= 4 is 17.6 Å². The molecule has 0 aromatic heterocycles. The van der Waals surface area contributed by atoms with E-state index in [1.54, 1.807) is 37.3 Å². The first-order valence-electron chi connectivity index (χ1n) is 8.59. The lowest BCUT2D eigenvalue weighted by Crippen LogP contribution is -2.31. The number of nitriles is 1. The molecule has 1 aromatic carbocycles. The van der Waals surface area contributed by atoms with E-state index in [4.69, 9.17) is 10.00 Å². The number of anilines is 1. The standard InChI is InChI=1S/C19H23N3O3/c1-2-25-19(24)16(13-20)14-21-17-9-7-8-15(12-17)18(23)22-10-5-3-4-6-11-22/h7-9,12,14,21H,2-6,10-11H2,1H3/b16-14-. The molecule has 0 atom stereocenters. The largest absolute Gasteiger partial charge is 0.462 e. The maximum absolute atomic E-state index is 12.6. The third kappa shape index (κ3) is 5.35. The number of ether oxygens (including phenoxy) is 1. The molecule has 0 spiro atoms. The first-order chi connectivity index (χ1) is 12.2. The van der Waals surface area contributed by atoms with Crippen LogP contribution >= 0.6 is 0 Å². The SMILES string of the molecule is CCOC(=O)/C(C#N)=C\Nc1cccc(C(=O)N2CCCCCC2)c1. The van der Waals surface area contributed by atoms with Crippen LogP contribution in [-0.4, -0.2) is 36.5 Å². The Labute approximate surface area is 148 Å². The van der Waals surface area contributed by atoms with Crippen LogP contribution in [0.5, 0.6) is 0 Å². The summed E-state index contributed by atoms with van der Waals surface area (Å²) in [4.78, 5) is 26.1. The Balaban J connectivity index is 2.09. The molecule has 0 radical (unpaired) electrons. The van der Waals surface area contributed by atoms with E-state index in [1.807, 2.05) is 4.90 Å². The molecule has 2 rings (SSSR count). The summed E-state index contributed by atoms with van der Waals surface area (Å²) in [5.41, 5.74) is 1.11. The van der Waals surface area contributed by atoms with E-state index < -0.39 is 5.97 Å². The highest BCUT2D eigenvalue weighted by atomic mass is 16.5. The molecule has 1 saturated heterocycles. The molecule has 1 aromatic rings. The smallest absolute Gasteiger partial charge is 0.350 e. The van der Waals surface area contributed by atoms with Crippen LogP contribution in [0.15, 0.2) is 36.0 Å². The minimum Gasteiger partial charge on any atom is -0.462 e. The number of hydrogen-bond donors (Lipinski definition) is 1. The number of carbonyl (C=O) groups is 2. The fraction of sp³-hybridized carbons (Fsp3) is 0.421. The summed E-state index contributed by atoms with van der Waals surface area (Å²) in [5, 5.41) is 11.9. The van der Waals surface area contributed by atoms with Crippen molar-refractivity contribution in [1.82, 2.24) is 4.90 Å². The topological polar surface area (TPSA) is 82.4 Å². The second-order valence-corrected chi connectivity index (χ2v) is 5.82. The Kier molecular flexibility index (Phi) is 7.02. The van der Waals surface area contributed by atoms with E-state index in [2.05, 4.69) is 5.32 Å². The normalized spacial score (nSPS) is 15.0. The van der Waals surface area contributed by atoms with Gasteiger partial charge in [-0.25, -0.2) is 4.79 Å². The molecule has 0 bridgehead atoms. The van der Waals surface area contributed by atoms with Crippen LogP contribution in [0.4, 0.5) is 5.69 Å². The lowest BCUT2D eigenvalue weighted by atomic mass is 10.1. The Morgan fingerprint density at radius 3 is 2.64 bits per heavy atom. The van der Waals surface area contributed by atoms with Crippen molar-refractivity contribution in [1.29, 1.82) is 5.26 Å². The molecule has 1 amide bonds. The first-order valence-corrected chi connectivity index (χ1v) is 8.59. The highest BCUT2D eigenvalue weighted by Crippen LogP contribution is 2.16. The van der Waals surface area contributed by atoms with E-state index in [-0.39, 0.29) is 18.1 Å². The molecule has 1 aliphatic heterocycles. The summed E-state index contributed by atoms with van der Waals surface area (Å²) in [6, 6.07) is 8.85.